The lowest BCUT2D eigenvalue weighted by Crippen LogP contribution is -2.19. The van der Waals surface area contributed by atoms with E-state index >= 15 is 0 Å². The molecule has 5 nitrogen and oxygen atoms in total. The predicted octanol–water partition coefficient (Wildman–Crippen LogP) is 2.57. The first kappa shape index (κ1) is 13.1. The molecule has 3 atom stereocenters. The highest BCUT2D eigenvalue weighted by atomic mass is 16.4. The predicted molar refractivity (Wildman–Crippen MR) is 75.4 cm³/mol. The molecule has 1 aliphatic rings. The summed E-state index contributed by atoms with van der Waals surface area (Å²) in [6.45, 7) is 2.13. The number of carbonyl (C=O) groups is 1. The third-order valence-corrected chi connectivity index (χ3v) is 4.55. The molecule has 5 heteroatoms. The van der Waals surface area contributed by atoms with Gasteiger partial charge in [0, 0.05) is 19.2 Å². The fourth-order valence-electron chi connectivity index (χ4n) is 3.41. The SMILES string of the molecule is CCC1CC(C(=O)O)C(c2nc3cccnc3n2C)C1. The first-order valence-electron chi connectivity index (χ1n) is 7.12. The van der Waals surface area contributed by atoms with Gasteiger partial charge in [-0.3, -0.25) is 4.79 Å². The van der Waals surface area contributed by atoms with Gasteiger partial charge in [-0.25, -0.2) is 9.97 Å². The largest absolute Gasteiger partial charge is 0.481 e. The monoisotopic (exact) mass is 273 g/mol. The Morgan fingerprint density at radius 1 is 1.50 bits per heavy atom. The lowest BCUT2D eigenvalue weighted by Gasteiger charge is -2.15. The van der Waals surface area contributed by atoms with Crippen molar-refractivity contribution < 1.29 is 9.90 Å². The van der Waals surface area contributed by atoms with E-state index < -0.39 is 5.97 Å². The molecule has 1 saturated carbocycles. The Bertz CT molecular complexity index is 650. The van der Waals surface area contributed by atoms with E-state index in [1.165, 1.54) is 0 Å². The Labute approximate surface area is 117 Å². The average Bonchev–Trinajstić information content (AvgIpc) is 3.01. The van der Waals surface area contributed by atoms with E-state index in [-0.39, 0.29) is 11.8 Å². The van der Waals surface area contributed by atoms with Gasteiger partial charge in [-0.2, -0.15) is 0 Å². The van der Waals surface area contributed by atoms with Crippen molar-refractivity contribution >= 4 is 17.1 Å². The fraction of sp³-hybridized carbons (Fsp3) is 0.533. The van der Waals surface area contributed by atoms with Gasteiger partial charge < -0.3 is 9.67 Å². The molecule has 2 aromatic heterocycles. The van der Waals surface area contributed by atoms with Crippen molar-refractivity contribution in [2.45, 2.75) is 32.1 Å². The molecule has 0 bridgehead atoms. The maximum absolute atomic E-state index is 11.5. The fourth-order valence-corrected chi connectivity index (χ4v) is 3.41. The molecule has 0 amide bonds. The van der Waals surface area contributed by atoms with E-state index in [0.717, 1.165) is 36.3 Å². The summed E-state index contributed by atoms with van der Waals surface area (Å²) in [5.41, 5.74) is 1.67. The Balaban J connectivity index is 2.04. The quantitative estimate of drug-likeness (QED) is 0.933. The summed E-state index contributed by atoms with van der Waals surface area (Å²) in [4.78, 5) is 20.5. The van der Waals surface area contributed by atoms with Crippen molar-refractivity contribution in [3.8, 4) is 0 Å². The summed E-state index contributed by atoms with van der Waals surface area (Å²) in [5.74, 6) is 0.314. The number of nitrogens with zero attached hydrogens (tertiary/aromatic N) is 3. The molecule has 0 saturated heterocycles. The Morgan fingerprint density at radius 2 is 2.30 bits per heavy atom. The molecule has 20 heavy (non-hydrogen) atoms. The van der Waals surface area contributed by atoms with Gasteiger partial charge in [-0.15, -0.1) is 0 Å². The molecule has 3 rings (SSSR count). The number of aryl methyl sites for hydroxylation is 1. The van der Waals surface area contributed by atoms with Crippen molar-refractivity contribution in [1.82, 2.24) is 14.5 Å². The van der Waals surface area contributed by atoms with Crippen molar-refractivity contribution in [3.05, 3.63) is 24.2 Å². The van der Waals surface area contributed by atoms with Crippen molar-refractivity contribution in [2.75, 3.05) is 0 Å². The van der Waals surface area contributed by atoms with Crippen LogP contribution in [-0.4, -0.2) is 25.6 Å². The molecule has 1 N–H and O–H groups in total. The van der Waals surface area contributed by atoms with Gasteiger partial charge in [-0.05, 0) is 30.9 Å². The van der Waals surface area contributed by atoms with Crippen LogP contribution in [0.4, 0.5) is 0 Å². The van der Waals surface area contributed by atoms with Crippen LogP contribution >= 0.6 is 0 Å². The number of fused-ring (bicyclic) bond motifs is 1. The van der Waals surface area contributed by atoms with E-state index in [4.69, 9.17) is 0 Å². The number of imidazole rings is 1. The van der Waals surface area contributed by atoms with Crippen LogP contribution in [0.25, 0.3) is 11.2 Å². The Hall–Kier alpha value is -1.91. The number of pyridine rings is 1. The van der Waals surface area contributed by atoms with E-state index in [1.807, 2.05) is 23.7 Å². The Morgan fingerprint density at radius 3 is 2.95 bits per heavy atom. The lowest BCUT2D eigenvalue weighted by molar-refractivity contribution is -0.142. The van der Waals surface area contributed by atoms with Gasteiger partial charge >= 0.3 is 5.97 Å². The zero-order valence-corrected chi connectivity index (χ0v) is 11.8. The number of hydrogen-bond donors (Lipinski definition) is 1. The van der Waals surface area contributed by atoms with Gasteiger partial charge in [0.05, 0.1) is 5.92 Å². The highest BCUT2D eigenvalue weighted by molar-refractivity contribution is 5.74. The summed E-state index contributed by atoms with van der Waals surface area (Å²) in [6, 6.07) is 3.78. The second-order valence-corrected chi connectivity index (χ2v) is 5.67. The first-order chi connectivity index (χ1) is 9.61. The summed E-state index contributed by atoms with van der Waals surface area (Å²) in [7, 11) is 1.93. The number of aliphatic carboxylic acids is 1. The minimum absolute atomic E-state index is 0.00310. The number of rotatable bonds is 3. The Kier molecular flexibility index (Phi) is 3.20. The molecular weight excluding hydrogens is 254 g/mol. The van der Waals surface area contributed by atoms with Crippen LogP contribution < -0.4 is 0 Å². The zero-order valence-electron chi connectivity index (χ0n) is 11.8. The first-order valence-corrected chi connectivity index (χ1v) is 7.12. The summed E-state index contributed by atoms with van der Waals surface area (Å²) < 4.78 is 1.95. The molecule has 106 valence electrons. The van der Waals surface area contributed by atoms with Gasteiger partial charge in [0.15, 0.2) is 5.65 Å². The summed E-state index contributed by atoms with van der Waals surface area (Å²) >= 11 is 0. The minimum Gasteiger partial charge on any atom is -0.481 e. The van der Waals surface area contributed by atoms with Crippen LogP contribution in [0.15, 0.2) is 18.3 Å². The van der Waals surface area contributed by atoms with Crippen LogP contribution in [0.3, 0.4) is 0 Å². The maximum atomic E-state index is 11.5. The highest BCUT2D eigenvalue weighted by Crippen LogP contribution is 2.44. The van der Waals surface area contributed by atoms with Crippen molar-refractivity contribution in [3.63, 3.8) is 0 Å². The number of aromatic nitrogens is 3. The summed E-state index contributed by atoms with van der Waals surface area (Å²) in [5, 5.41) is 9.47. The van der Waals surface area contributed by atoms with Crippen LogP contribution in [0, 0.1) is 11.8 Å². The summed E-state index contributed by atoms with van der Waals surface area (Å²) in [6.07, 6.45) is 4.44. The highest BCUT2D eigenvalue weighted by Gasteiger charge is 2.41. The molecule has 0 aromatic carbocycles. The smallest absolute Gasteiger partial charge is 0.307 e. The third kappa shape index (κ3) is 1.97. The molecule has 3 unspecified atom stereocenters. The standard InChI is InChI=1S/C15H19N3O2/c1-3-9-7-10(11(8-9)15(19)20)13-17-12-5-4-6-16-14(12)18(13)2/h4-6,9-11H,3,7-8H2,1-2H3,(H,19,20). The zero-order chi connectivity index (χ0) is 14.3. The average molecular weight is 273 g/mol. The molecule has 2 aromatic rings. The second kappa shape index (κ2) is 4.89. The molecule has 0 spiro atoms. The van der Waals surface area contributed by atoms with E-state index in [9.17, 15) is 9.90 Å². The van der Waals surface area contributed by atoms with Gasteiger partial charge in [-0.1, -0.05) is 13.3 Å². The topological polar surface area (TPSA) is 68.0 Å². The molecule has 1 aliphatic carbocycles. The van der Waals surface area contributed by atoms with Gasteiger partial charge in [0.25, 0.3) is 0 Å². The van der Waals surface area contributed by atoms with Crippen LogP contribution in [0.2, 0.25) is 0 Å². The van der Waals surface area contributed by atoms with Crippen LogP contribution in [-0.2, 0) is 11.8 Å². The maximum Gasteiger partial charge on any atom is 0.307 e. The van der Waals surface area contributed by atoms with Gasteiger partial charge in [0.2, 0.25) is 0 Å². The molecular formula is C15H19N3O2. The van der Waals surface area contributed by atoms with Crippen LogP contribution in [0.1, 0.15) is 37.9 Å². The normalized spacial score (nSPS) is 26.2. The van der Waals surface area contributed by atoms with Crippen molar-refractivity contribution in [2.24, 2.45) is 18.9 Å². The van der Waals surface area contributed by atoms with Crippen LogP contribution in [0.5, 0.6) is 0 Å². The molecule has 1 fully saturated rings. The van der Waals surface area contributed by atoms with E-state index in [2.05, 4.69) is 16.9 Å². The van der Waals surface area contributed by atoms with E-state index in [1.54, 1.807) is 6.20 Å². The lowest BCUT2D eigenvalue weighted by atomic mass is 9.95. The van der Waals surface area contributed by atoms with Gasteiger partial charge in [0.1, 0.15) is 11.3 Å². The molecule has 2 heterocycles. The number of hydrogen-bond acceptors (Lipinski definition) is 3. The second-order valence-electron chi connectivity index (χ2n) is 5.67. The number of carboxylic acids is 1. The molecule has 0 radical (unpaired) electrons. The van der Waals surface area contributed by atoms with Crippen molar-refractivity contribution in [1.29, 1.82) is 0 Å². The minimum atomic E-state index is -0.703. The number of carboxylic acid groups (broad SMARTS) is 1. The molecule has 0 aliphatic heterocycles. The third-order valence-electron chi connectivity index (χ3n) is 4.55. The van der Waals surface area contributed by atoms with E-state index in [0.29, 0.717) is 5.92 Å².